The van der Waals surface area contributed by atoms with Crippen LogP contribution in [0.1, 0.15) is 23.7 Å². The van der Waals surface area contributed by atoms with E-state index in [9.17, 15) is 9.59 Å². The number of carbonyl (C=O) groups is 1. The molecule has 0 saturated heterocycles. The molecule has 0 fully saturated rings. The van der Waals surface area contributed by atoms with E-state index < -0.39 is 0 Å². The molecule has 1 rings (SSSR count). The van der Waals surface area contributed by atoms with Crippen molar-refractivity contribution in [1.29, 1.82) is 0 Å². The zero-order valence-corrected chi connectivity index (χ0v) is 10.0. The van der Waals surface area contributed by atoms with E-state index in [0.29, 0.717) is 12.1 Å². The van der Waals surface area contributed by atoms with Gasteiger partial charge in [0.05, 0.1) is 0 Å². The molecule has 15 heavy (non-hydrogen) atoms. The van der Waals surface area contributed by atoms with Crippen LogP contribution in [-0.2, 0) is 0 Å². The van der Waals surface area contributed by atoms with Gasteiger partial charge in [-0.15, -0.1) is 0 Å². The van der Waals surface area contributed by atoms with Crippen LogP contribution in [0.4, 0.5) is 0 Å². The molecule has 0 spiro atoms. The van der Waals surface area contributed by atoms with E-state index in [1.165, 1.54) is 12.3 Å². The molecule has 0 aliphatic heterocycles. The van der Waals surface area contributed by atoms with Crippen LogP contribution in [0.15, 0.2) is 23.1 Å². The second kappa shape index (κ2) is 5.70. The largest absolute Gasteiger partial charge is 0.351 e. The summed E-state index contributed by atoms with van der Waals surface area (Å²) in [6, 6.07) is 2.86. The molecule has 1 aromatic heterocycles. The van der Waals surface area contributed by atoms with E-state index in [1.54, 1.807) is 6.07 Å². The van der Waals surface area contributed by atoms with Gasteiger partial charge in [0.15, 0.2) is 0 Å². The third-order valence-corrected chi connectivity index (χ3v) is 2.94. The molecule has 82 valence electrons. The Balaban J connectivity index is 2.58. The number of H-pyrrole nitrogens is 1. The molecule has 0 aliphatic carbocycles. The van der Waals surface area contributed by atoms with Gasteiger partial charge in [0, 0.05) is 29.2 Å². The minimum Gasteiger partial charge on any atom is -0.351 e. The Morgan fingerprint density at radius 3 is 3.00 bits per heavy atom. The first-order valence-electron chi connectivity index (χ1n) is 4.74. The number of amides is 1. The fraction of sp³-hybridized carbons (Fsp3) is 0.400. The number of hydrogen-bond acceptors (Lipinski definition) is 2. The second-order valence-corrected chi connectivity index (χ2v) is 4.45. The Hall–Kier alpha value is -1.10. The van der Waals surface area contributed by atoms with Gasteiger partial charge in [-0.1, -0.05) is 22.9 Å². The highest BCUT2D eigenvalue weighted by Gasteiger charge is 2.07. The summed E-state index contributed by atoms with van der Waals surface area (Å²) in [7, 11) is 0. The molecule has 1 atom stereocenters. The molecule has 1 aromatic rings. The SMILES string of the molecule is CCC(Br)CNC(=O)c1cc[nH]c(=O)c1. The number of aromatic nitrogens is 1. The van der Waals surface area contributed by atoms with Crippen LogP contribution in [0.5, 0.6) is 0 Å². The summed E-state index contributed by atoms with van der Waals surface area (Å²) >= 11 is 3.41. The molecular weight excluding hydrogens is 260 g/mol. The van der Waals surface area contributed by atoms with Gasteiger partial charge in [-0.2, -0.15) is 0 Å². The molecular formula is C10H13BrN2O2. The second-order valence-electron chi connectivity index (χ2n) is 3.16. The lowest BCUT2D eigenvalue weighted by Crippen LogP contribution is -2.29. The number of nitrogens with one attached hydrogen (secondary N) is 2. The van der Waals surface area contributed by atoms with Crippen molar-refractivity contribution in [3.63, 3.8) is 0 Å². The molecule has 4 nitrogen and oxygen atoms in total. The van der Waals surface area contributed by atoms with Crippen molar-refractivity contribution in [2.75, 3.05) is 6.54 Å². The third kappa shape index (κ3) is 3.87. The van der Waals surface area contributed by atoms with Gasteiger partial charge < -0.3 is 10.3 Å². The minimum absolute atomic E-state index is 0.223. The van der Waals surface area contributed by atoms with E-state index in [1.807, 2.05) is 6.92 Å². The fourth-order valence-corrected chi connectivity index (χ4v) is 1.20. The summed E-state index contributed by atoms with van der Waals surface area (Å²) < 4.78 is 0. The molecule has 0 saturated carbocycles. The quantitative estimate of drug-likeness (QED) is 0.812. The molecule has 2 N–H and O–H groups in total. The van der Waals surface area contributed by atoms with Crippen LogP contribution < -0.4 is 10.9 Å². The predicted octanol–water partition coefficient (Wildman–Crippen LogP) is 1.28. The van der Waals surface area contributed by atoms with Crippen molar-refractivity contribution in [3.8, 4) is 0 Å². The zero-order valence-electron chi connectivity index (χ0n) is 8.42. The number of rotatable bonds is 4. The first-order chi connectivity index (χ1) is 7.13. The van der Waals surface area contributed by atoms with Crippen LogP contribution in [-0.4, -0.2) is 22.3 Å². The Bertz CT molecular complexity index is 389. The summed E-state index contributed by atoms with van der Waals surface area (Å²) in [4.78, 5) is 25.2. The molecule has 1 heterocycles. The Morgan fingerprint density at radius 1 is 1.67 bits per heavy atom. The van der Waals surface area contributed by atoms with Crippen LogP contribution in [0.2, 0.25) is 0 Å². The van der Waals surface area contributed by atoms with Crippen molar-refractivity contribution < 1.29 is 4.79 Å². The van der Waals surface area contributed by atoms with Crippen LogP contribution in [0.25, 0.3) is 0 Å². The Labute approximate surface area is 96.2 Å². The maximum Gasteiger partial charge on any atom is 0.251 e. The smallest absolute Gasteiger partial charge is 0.251 e. The van der Waals surface area contributed by atoms with E-state index in [4.69, 9.17) is 0 Å². The molecule has 1 amide bonds. The van der Waals surface area contributed by atoms with Gasteiger partial charge in [-0.05, 0) is 12.5 Å². The number of alkyl halides is 1. The molecule has 0 aromatic carbocycles. The average molecular weight is 273 g/mol. The molecule has 0 radical (unpaired) electrons. The van der Waals surface area contributed by atoms with E-state index in [-0.39, 0.29) is 16.3 Å². The van der Waals surface area contributed by atoms with Gasteiger partial charge in [-0.25, -0.2) is 0 Å². The third-order valence-electron chi connectivity index (χ3n) is 1.96. The number of halogens is 1. The normalized spacial score (nSPS) is 12.1. The van der Waals surface area contributed by atoms with E-state index in [2.05, 4.69) is 26.2 Å². The maximum absolute atomic E-state index is 11.5. The van der Waals surface area contributed by atoms with Gasteiger partial charge in [0.25, 0.3) is 5.91 Å². The summed E-state index contributed by atoms with van der Waals surface area (Å²) in [5.41, 5.74) is 0.114. The highest BCUT2D eigenvalue weighted by Crippen LogP contribution is 2.02. The highest BCUT2D eigenvalue weighted by atomic mass is 79.9. The fourth-order valence-electron chi connectivity index (χ4n) is 1.04. The monoisotopic (exact) mass is 272 g/mol. The summed E-state index contributed by atoms with van der Waals surface area (Å²) in [6.45, 7) is 2.58. The van der Waals surface area contributed by atoms with Crippen LogP contribution in [0.3, 0.4) is 0 Å². The van der Waals surface area contributed by atoms with Crippen molar-refractivity contribution >= 4 is 21.8 Å². The molecule has 0 aliphatic rings. The molecule has 1 unspecified atom stereocenters. The van der Waals surface area contributed by atoms with Gasteiger partial charge >= 0.3 is 0 Å². The highest BCUT2D eigenvalue weighted by molar-refractivity contribution is 9.09. The number of pyridine rings is 1. The standard InChI is InChI=1S/C10H13BrN2O2/c1-2-8(11)6-13-10(15)7-3-4-12-9(14)5-7/h3-5,8H,2,6H2,1H3,(H,12,14)(H,13,15). The lowest BCUT2D eigenvalue weighted by atomic mass is 10.2. The van der Waals surface area contributed by atoms with Gasteiger partial charge in [-0.3, -0.25) is 9.59 Å². The van der Waals surface area contributed by atoms with Gasteiger partial charge in [0.2, 0.25) is 5.56 Å². The average Bonchev–Trinajstić information content (AvgIpc) is 2.25. The first kappa shape index (κ1) is 12.0. The first-order valence-corrected chi connectivity index (χ1v) is 5.66. The number of carbonyl (C=O) groups excluding carboxylic acids is 1. The zero-order chi connectivity index (χ0) is 11.3. The number of aromatic amines is 1. The Morgan fingerprint density at radius 2 is 2.40 bits per heavy atom. The van der Waals surface area contributed by atoms with Crippen molar-refractivity contribution in [2.24, 2.45) is 0 Å². The van der Waals surface area contributed by atoms with Crippen molar-refractivity contribution in [1.82, 2.24) is 10.3 Å². The summed E-state index contributed by atoms with van der Waals surface area (Å²) in [5, 5.41) is 2.74. The minimum atomic E-state index is -0.270. The predicted molar refractivity (Wildman–Crippen MR) is 62.4 cm³/mol. The summed E-state index contributed by atoms with van der Waals surface area (Å²) in [5.74, 6) is -0.223. The molecule has 5 heteroatoms. The van der Waals surface area contributed by atoms with Crippen LogP contribution >= 0.6 is 15.9 Å². The maximum atomic E-state index is 11.5. The molecule has 0 bridgehead atoms. The van der Waals surface area contributed by atoms with E-state index >= 15 is 0 Å². The topological polar surface area (TPSA) is 62.0 Å². The van der Waals surface area contributed by atoms with E-state index in [0.717, 1.165) is 6.42 Å². The van der Waals surface area contributed by atoms with Gasteiger partial charge in [0.1, 0.15) is 0 Å². The summed E-state index contributed by atoms with van der Waals surface area (Å²) in [6.07, 6.45) is 2.40. The van der Waals surface area contributed by atoms with Crippen molar-refractivity contribution in [2.45, 2.75) is 18.2 Å². The Kier molecular flexibility index (Phi) is 4.55. The number of hydrogen-bond donors (Lipinski definition) is 2. The van der Waals surface area contributed by atoms with Crippen LogP contribution in [0, 0.1) is 0 Å². The lowest BCUT2D eigenvalue weighted by molar-refractivity contribution is 0.0953. The van der Waals surface area contributed by atoms with Crippen molar-refractivity contribution in [3.05, 3.63) is 34.2 Å². The lowest BCUT2D eigenvalue weighted by Gasteiger charge is -2.08.